The first-order chi connectivity index (χ1) is 12.2. The molecule has 0 unspecified atom stereocenters. The summed E-state index contributed by atoms with van der Waals surface area (Å²) >= 11 is 0. The van der Waals surface area contributed by atoms with Gasteiger partial charge in [0.1, 0.15) is 5.75 Å². The predicted octanol–water partition coefficient (Wildman–Crippen LogP) is 3.18. The van der Waals surface area contributed by atoms with Crippen LogP contribution in [0.15, 0.2) is 54.6 Å². The Bertz CT molecular complexity index is 735. The second-order valence-corrected chi connectivity index (χ2v) is 5.75. The second-order valence-electron chi connectivity index (χ2n) is 5.75. The Hall–Kier alpha value is -2.79. The third-order valence-electron chi connectivity index (χ3n) is 4.03. The SMILES string of the molecule is COc1cccc(C=CC(=O)Nc2ccc(N3CCOCC3)cc2)c1. The smallest absolute Gasteiger partial charge is 0.248 e. The number of rotatable bonds is 5. The quantitative estimate of drug-likeness (QED) is 0.851. The Labute approximate surface area is 147 Å². The summed E-state index contributed by atoms with van der Waals surface area (Å²) < 4.78 is 10.5. The maximum absolute atomic E-state index is 12.1. The largest absolute Gasteiger partial charge is 0.497 e. The van der Waals surface area contributed by atoms with E-state index >= 15 is 0 Å². The van der Waals surface area contributed by atoms with Gasteiger partial charge in [-0.05, 0) is 48.0 Å². The number of carbonyl (C=O) groups excluding carboxylic acids is 1. The molecule has 0 spiro atoms. The molecule has 1 aliphatic heterocycles. The number of carbonyl (C=O) groups is 1. The van der Waals surface area contributed by atoms with Crippen LogP contribution >= 0.6 is 0 Å². The molecule has 2 aromatic carbocycles. The van der Waals surface area contributed by atoms with Crippen LogP contribution in [-0.2, 0) is 9.53 Å². The molecule has 0 saturated carbocycles. The highest BCUT2D eigenvalue weighted by Gasteiger charge is 2.10. The number of anilines is 2. The van der Waals surface area contributed by atoms with Crippen LogP contribution in [-0.4, -0.2) is 39.3 Å². The standard InChI is InChI=1S/C20H22N2O3/c1-24-19-4-2-3-16(15-19)5-10-20(23)21-17-6-8-18(9-7-17)22-11-13-25-14-12-22/h2-10,15H,11-14H2,1H3,(H,21,23). The average molecular weight is 338 g/mol. The predicted molar refractivity (Wildman–Crippen MR) is 100 cm³/mol. The zero-order valence-electron chi connectivity index (χ0n) is 14.3. The second kappa shape index (κ2) is 8.35. The fraction of sp³-hybridized carbons (Fsp3) is 0.250. The van der Waals surface area contributed by atoms with E-state index in [9.17, 15) is 4.79 Å². The number of amides is 1. The highest BCUT2D eigenvalue weighted by molar-refractivity contribution is 6.02. The Morgan fingerprint density at radius 1 is 1.16 bits per heavy atom. The third-order valence-corrected chi connectivity index (χ3v) is 4.03. The summed E-state index contributed by atoms with van der Waals surface area (Å²) in [5.41, 5.74) is 2.84. The van der Waals surface area contributed by atoms with E-state index in [0.717, 1.165) is 49.0 Å². The first-order valence-corrected chi connectivity index (χ1v) is 8.30. The van der Waals surface area contributed by atoms with Gasteiger partial charge in [0.15, 0.2) is 0 Å². The lowest BCUT2D eigenvalue weighted by Gasteiger charge is -2.28. The van der Waals surface area contributed by atoms with Crippen molar-refractivity contribution in [2.75, 3.05) is 43.6 Å². The van der Waals surface area contributed by atoms with E-state index in [1.165, 1.54) is 6.08 Å². The van der Waals surface area contributed by atoms with Crippen LogP contribution < -0.4 is 15.0 Å². The molecular formula is C20H22N2O3. The molecule has 5 heteroatoms. The fourth-order valence-electron chi connectivity index (χ4n) is 2.68. The van der Waals surface area contributed by atoms with Gasteiger partial charge in [-0.3, -0.25) is 4.79 Å². The fourth-order valence-corrected chi connectivity index (χ4v) is 2.68. The Balaban J connectivity index is 1.57. The number of methoxy groups -OCH3 is 1. The minimum Gasteiger partial charge on any atom is -0.497 e. The van der Waals surface area contributed by atoms with Gasteiger partial charge in [-0.15, -0.1) is 0 Å². The van der Waals surface area contributed by atoms with E-state index < -0.39 is 0 Å². The Kier molecular flexibility index (Phi) is 5.69. The maximum Gasteiger partial charge on any atom is 0.248 e. The van der Waals surface area contributed by atoms with Gasteiger partial charge in [0, 0.05) is 30.5 Å². The van der Waals surface area contributed by atoms with Gasteiger partial charge >= 0.3 is 0 Å². The van der Waals surface area contributed by atoms with E-state index in [1.807, 2.05) is 48.5 Å². The molecule has 130 valence electrons. The Morgan fingerprint density at radius 2 is 1.92 bits per heavy atom. The van der Waals surface area contributed by atoms with Crippen LogP contribution in [0, 0.1) is 0 Å². The van der Waals surface area contributed by atoms with Crippen LogP contribution in [0.5, 0.6) is 5.75 Å². The van der Waals surface area contributed by atoms with Crippen LogP contribution in [0.2, 0.25) is 0 Å². The molecule has 1 aliphatic rings. The topological polar surface area (TPSA) is 50.8 Å². The van der Waals surface area contributed by atoms with Crippen molar-refractivity contribution in [1.29, 1.82) is 0 Å². The summed E-state index contributed by atoms with van der Waals surface area (Å²) in [4.78, 5) is 14.3. The average Bonchev–Trinajstić information content (AvgIpc) is 2.68. The van der Waals surface area contributed by atoms with Crippen molar-refractivity contribution in [1.82, 2.24) is 0 Å². The first kappa shape index (κ1) is 17.0. The summed E-state index contributed by atoms with van der Waals surface area (Å²) in [7, 11) is 1.62. The molecule has 1 amide bonds. The van der Waals surface area contributed by atoms with Crippen molar-refractivity contribution >= 4 is 23.4 Å². The number of nitrogens with one attached hydrogen (secondary N) is 1. The number of hydrogen-bond acceptors (Lipinski definition) is 4. The summed E-state index contributed by atoms with van der Waals surface area (Å²) in [5, 5.41) is 2.87. The zero-order valence-corrected chi connectivity index (χ0v) is 14.3. The lowest BCUT2D eigenvalue weighted by atomic mass is 10.2. The molecule has 1 fully saturated rings. The molecule has 0 aliphatic carbocycles. The summed E-state index contributed by atoms with van der Waals surface area (Å²) in [6, 6.07) is 15.4. The van der Waals surface area contributed by atoms with E-state index in [0.29, 0.717) is 0 Å². The summed E-state index contributed by atoms with van der Waals surface area (Å²) in [6.07, 6.45) is 3.28. The van der Waals surface area contributed by atoms with Crippen molar-refractivity contribution in [3.05, 3.63) is 60.2 Å². The molecule has 1 heterocycles. The van der Waals surface area contributed by atoms with Crippen LogP contribution in [0.3, 0.4) is 0 Å². The highest BCUT2D eigenvalue weighted by Crippen LogP contribution is 2.19. The van der Waals surface area contributed by atoms with Gasteiger partial charge in [-0.1, -0.05) is 12.1 Å². The number of hydrogen-bond donors (Lipinski definition) is 1. The van der Waals surface area contributed by atoms with Crippen molar-refractivity contribution in [3.8, 4) is 5.75 Å². The number of nitrogens with zero attached hydrogens (tertiary/aromatic N) is 1. The molecule has 3 rings (SSSR count). The van der Waals surface area contributed by atoms with Crippen LogP contribution in [0.4, 0.5) is 11.4 Å². The van der Waals surface area contributed by atoms with Crippen molar-refractivity contribution < 1.29 is 14.3 Å². The highest BCUT2D eigenvalue weighted by atomic mass is 16.5. The van der Waals surface area contributed by atoms with Gasteiger partial charge in [0.25, 0.3) is 0 Å². The maximum atomic E-state index is 12.1. The van der Waals surface area contributed by atoms with Gasteiger partial charge < -0.3 is 19.7 Å². The lowest BCUT2D eigenvalue weighted by Crippen LogP contribution is -2.36. The molecule has 0 atom stereocenters. The van der Waals surface area contributed by atoms with Crippen LogP contribution in [0.1, 0.15) is 5.56 Å². The first-order valence-electron chi connectivity index (χ1n) is 8.30. The summed E-state index contributed by atoms with van der Waals surface area (Å²) in [5.74, 6) is 0.600. The molecule has 0 radical (unpaired) electrons. The normalized spacial score (nSPS) is 14.5. The van der Waals surface area contributed by atoms with Crippen molar-refractivity contribution in [2.45, 2.75) is 0 Å². The molecule has 1 saturated heterocycles. The monoisotopic (exact) mass is 338 g/mol. The molecule has 25 heavy (non-hydrogen) atoms. The van der Waals surface area contributed by atoms with Gasteiger partial charge in [0.2, 0.25) is 5.91 Å². The lowest BCUT2D eigenvalue weighted by molar-refractivity contribution is -0.111. The van der Waals surface area contributed by atoms with Gasteiger partial charge in [-0.25, -0.2) is 0 Å². The number of ether oxygens (including phenoxy) is 2. The van der Waals surface area contributed by atoms with Crippen molar-refractivity contribution in [2.24, 2.45) is 0 Å². The minimum absolute atomic E-state index is 0.165. The van der Waals surface area contributed by atoms with Crippen LogP contribution in [0.25, 0.3) is 6.08 Å². The Morgan fingerprint density at radius 3 is 2.64 bits per heavy atom. The van der Waals surface area contributed by atoms with E-state index in [2.05, 4.69) is 10.2 Å². The molecular weight excluding hydrogens is 316 g/mol. The van der Waals surface area contributed by atoms with E-state index in [1.54, 1.807) is 13.2 Å². The number of morpholine rings is 1. The van der Waals surface area contributed by atoms with E-state index in [-0.39, 0.29) is 5.91 Å². The summed E-state index contributed by atoms with van der Waals surface area (Å²) in [6.45, 7) is 3.31. The van der Waals surface area contributed by atoms with E-state index in [4.69, 9.17) is 9.47 Å². The van der Waals surface area contributed by atoms with Gasteiger partial charge in [0.05, 0.1) is 20.3 Å². The molecule has 2 aromatic rings. The minimum atomic E-state index is -0.165. The third kappa shape index (κ3) is 4.84. The molecule has 1 N–H and O–H groups in total. The molecule has 0 aromatic heterocycles. The number of benzene rings is 2. The van der Waals surface area contributed by atoms with Crippen molar-refractivity contribution in [3.63, 3.8) is 0 Å². The van der Waals surface area contributed by atoms with Gasteiger partial charge in [-0.2, -0.15) is 0 Å². The molecule has 5 nitrogen and oxygen atoms in total. The zero-order chi connectivity index (χ0) is 17.5. The molecule has 0 bridgehead atoms.